The monoisotopic (exact) mass is 335 g/mol. The fourth-order valence-electron chi connectivity index (χ4n) is 2.20. The van der Waals surface area contributed by atoms with Crippen molar-refractivity contribution >= 4 is 21.9 Å². The summed E-state index contributed by atoms with van der Waals surface area (Å²) >= 11 is 3.38. The summed E-state index contributed by atoms with van der Waals surface area (Å²) in [7, 11) is 0. The number of nitrogens with zero attached hydrogens (tertiary/aromatic N) is 1. The predicted molar refractivity (Wildman–Crippen MR) is 80.4 cm³/mol. The molecule has 2 aromatic rings. The van der Waals surface area contributed by atoms with Crippen LogP contribution in [0.3, 0.4) is 0 Å². The second-order valence-corrected chi connectivity index (χ2v) is 5.59. The number of carboxylic acids is 1. The number of benzene rings is 1. The first-order valence-corrected chi connectivity index (χ1v) is 6.88. The van der Waals surface area contributed by atoms with E-state index in [1.165, 1.54) is 4.57 Å². The van der Waals surface area contributed by atoms with E-state index >= 15 is 0 Å². The topological polar surface area (TPSA) is 59.3 Å². The zero-order valence-electron chi connectivity index (χ0n) is 11.2. The largest absolute Gasteiger partial charge is 0.477 e. The predicted octanol–water partition coefficient (Wildman–Crippen LogP) is 2.97. The number of halogens is 1. The van der Waals surface area contributed by atoms with E-state index in [-0.39, 0.29) is 5.56 Å². The van der Waals surface area contributed by atoms with Crippen molar-refractivity contribution in [1.82, 2.24) is 4.57 Å². The standard InChI is InChI=1S/C15H14BrNO3/c1-9-6-10(2)17(14(18)13(9)15(19)20)8-11-4-3-5-12(16)7-11/h3-7H,8H2,1-2H3,(H,19,20). The normalized spacial score (nSPS) is 10.6. The Morgan fingerprint density at radius 1 is 1.30 bits per heavy atom. The van der Waals surface area contributed by atoms with E-state index in [2.05, 4.69) is 15.9 Å². The first-order valence-electron chi connectivity index (χ1n) is 6.09. The van der Waals surface area contributed by atoms with Gasteiger partial charge in [0.15, 0.2) is 0 Å². The van der Waals surface area contributed by atoms with Crippen LogP contribution in [0.4, 0.5) is 0 Å². The van der Waals surface area contributed by atoms with Crippen LogP contribution in [0.2, 0.25) is 0 Å². The van der Waals surface area contributed by atoms with E-state index in [4.69, 9.17) is 5.11 Å². The van der Waals surface area contributed by atoms with Gasteiger partial charge in [-0.15, -0.1) is 0 Å². The van der Waals surface area contributed by atoms with Crippen molar-refractivity contribution in [2.75, 3.05) is 0 Å². The van der Waals surface area contributed by atoms with Gasteiger partial charge in [0.2, 0.25) is 0 Å². The highest BCUT2D eigenvalue weighted by Crippen LogP contribution is 2.14. The molecule has 0 bridgehead atoms. The van der Waals surface area contributed by atoms with Crippen molar-refractivity contribution < 1.29 is 9.90 Å². The third-order valence-corrected chi connectivity index (χ3v) is 3.64. The molecule has 0 saturated carbocycles. The summed E-state index contributed by atoms with van der Waals surface area (Å²) in [6, 6.07) is 9.31. The number of carboxylic acid groups (broad SMARTS) is 1. The molecule has 0 unspecified atom stereocenters. The minimum absolute atomic E-state index is 0.161. The molecule has 0 saturated heterocycles. The Kier molecular flexibility index (Phi) is 4.09. The molecule has 1 aromatic heterocycles. The van der Waals surface area contributed by atoms with Gasteiger partial charge in [0, 0.05) is 10.2 Å². The van der Waals surface area contributed by atoms with Crippen LogP contribution in [0.5, 0.6) is 0 Å². The molecule has 0 aliphatic heterocycles. The Labute approximate surface area is 124 Å². The summed E-state index contributed by atoms with van der Waals surface area (Å²) in [4.78, 5) is 23.5. The highest BCUT2D eigenvalue weighted by atomic mass is 79.9. The molecule has 1 aromatic carbocycles. The quantitative estimate of drug-likeness (QED) is 0.937. The van der Waals surface area contributed by atoms with Gasteiger partial charge >= 0.3 is 5.97 Å². The van der Waals surface area contributed by atoms with E-state index in [0.29, 0.717) is 12.1 Å². The molecule has 4 nitrogen and oxygen atoms in total. The van der Waals surface area contributed by atoms with Gasteiger partial charge in [0.25, 0.3) is 5.56 Å². The smallest absolute Gasteiger partial charge is 0.341 e. The van der Waals surface area contributed by atoms with E-state index in [1.807, 2.05) is 24.3 Å². The lowest BCUT2D eigenvalue weighted by Gasteiger charge is -2.13. The number of aromatic carboxylic acids is 1. The van der Waals surface area contributed by atoms with Gasteiger partial charge in [0.1, 0.15) is 5.56 Å². The van der Waals surface area contributed by atoms with Crippen molar-refractivity contribution in [3.05, 3.63) is 67.5 Å². The summed E-state index contributed by atoms with van der Waals surface area (Å²) in [5.41, 5.74) is 1.55. The lowest BCUT2D eigenvalue weighted by Crippen LogP contribution is -2.29. The highest BCUT2D eigenvalue weighted by Gasteiger charge is 2.16. The Morgan fingerprint density at radius 3 is 2.60 bits per heavy atom. The molecule has 0 radical (unpaired) electrons. The molecule has 2 rings (SSSR count). The minimum Gasteiger partial charge on any atom is -0.477 e. The number of pyridine rings is 1. The third-order valence-electron chi connectivity index (χ3n) is 3.15. The van der Waals surface area contributed by atoms with E-state index in [1.54, 1.807) is 19.9 Å². The maximum Gasteiger partial charge on any atom is 0.341 e. The number of rotatable bonds is 3. The molecule has 0 atom stereocenters. The number of aryl methyl sites for hydroxylation is 2. The SMILES string of the molecule is Cc1cc(C)n(Cc2cccc(Br)c2)c(=O)c1C(=O)O. The molecule has 1 N–H and O–H groups in total. The molecule has 5 heteroatoms. The van der Waals surface area contributed by atoms with Crippen LogP contribution in [0, 0.1) is 13.8 Å². The van der Waals surface area contributed by atoms with Gasteiger partial charge in [-0.05, 0) is 43.2 Å². The molecule has 0 fully saturated rings. The van der Waals surface area contributed by atoms with Gasteiger partial charge in [-0.3, -0.25) is 4.79 Å². The van der Waals surface area contributed by atoms with Gasteiger partial charge < -0.3 is 9.67 Å². The van der Waals surface area contributed by atoms with Crippen molar-refractivity contribution in [1.29, 1.82) is 0 Å². The van der Waals surface area contributed by atoms with E-state index < -0.39 is 11.5 Å². The van der Waals surface area contributed by atoms with Crippen LogP contribution in [-0.2, 0) is 6.54 Å². The molecule has 1 heterocycles. The van der Waals surface area contributed by atoms with Crippen molar-refractivity contribution in [3.63, 3.8) is 0 Å². The van der Waals surface area contributed by atoms with Crippen LogP contribution >= 0.6 is 15.9 Å². The summed E-state index contributed by atoms with van der Waals surface area (Å²) < 4.78 is 2.41. The van der Waals surface area contributed by atoms with Crippen LogP contribution < -0.4 is 5.56 Å². The fourth-order valence-corrected chi connectivity index (χ4v) is 2.65. The Hall–Kier alpha value is -1.88. The third kappa shape index (κ3) is 2.82. The zero-order chi connectivity index (χ0) is 14.9. The number of aromatic nitrogens is 1. The van der Waals surface area contributed by atoms with Crippen LogP contribution in [0.1, 0.15) is 27.2 Å². The molecule has 104 valence electrons. The van der Waals surface area contributed by atoms with Crippen LogP contribution in [0.15, 0.2) is 39.6 Å². The molecule has 0 aliphatic rings. The first kappa shape index (κ1) is 14.5. The number of hydrogen-bond donors (Lipinski definition) is 1. The summed E-state index contributed by atoms with van der Waals surface area (Å²) in [5.74, 6) is -1.18. The average molecular weight is 336 g/mol. The Bertz CT molecular complexity index is 734. The van der Waals surface area contributed by atoms with E-state index in [0.717, 1.165) is 15.7 Å². The minimum atomic E-state index is -1.18. The number of hydrogen-bond acceptors (Lipinski definition) is 2. The molecule has 20 heavy (non-hydrogen) atoms. The van der Waals surface area contributed by atoms with Crippen molar-refractivity contribution in [3.8, 4) is 0 Å². The zero-order valence-corrected chi connectivity index (χ0v) is 12.8. The van der Waals surface area contributed by atoms with Crippen molar-refractivity contribution in [2.24, 2.45) is 0 Å². The molecule has 0 amide bonds. The molecular weight excluding hydrogens is 322 g/mol. The summed E-state index contributed by atoms with van der Waals surface area (Å²) in [6.07, 6.45) is 0. The average Bonchev–Trinajstić information content (AvgIpc) is 2.33. The van der Waals surface area contributed by atoms with Gasteiger partial charge in [0.05, 0.1) is 6.54 Å². The lowest BCUT2D eigenvalue weighted by molar-refractivity contribution is 0.0693. The number of carbonyl (C=O) groups is 1. The fraction of sp³-hybridized carbons (Fsp3) is 0.200. The Morgan fingerprint density at radius 2 is 2.00 bits per heavy atom. The second-order valence-electron chi connectivity index (χ2n) is 4.67. The Balaban J connectivity index is 2.55. The van der Waals surface area contributed by atoms with Gasteiger partial charge in [-0.25, -0.2) is 4.79 Å². The van der Waals surface area contributed by atoms with Crippen molar-refractivity contribution in [2.45, 2.75) is 20.4 Å². The summed E-state index contributed by atoms with van der Waals surface area (Å²) in [5, 5.41) is 9.15. The van der Waals surface area contributed by atoms with Gasteiger partial charge in [-0.2, -0.15) is 0 Å². The van der Waals surface area contributed by atoms with Gasteiger partial charge in [-0.1, -0.05) is 28.1 Å². The molecule has 0 aliphatic carbocycles. The maximum atomic E-state index is 12.3. The first-order chi connectivity index (χ1) is 9.40. The van der Waals surface area contributed by atoms with Crippen LogP contribution in [0.25, 0.3) is 0 Å². The maximum absolute atomic E-state index is 12.3. The van der Waals surface area contributed by atoms with E-state index in [9.17, 15) is 9.59 Å². The van der Waals surface area contributed by atoms with Crippen LogP contribution in [-0.4, -0.2) is 15.6 Å². The summed E-state index contributed by atoms with van der Waals surface area (Å²) in [6.45, 7) is 3.80. The lowest BCUT2D eigenvalue weighted by atomic mass is 10.1. The molecule has 0 spiro atoms. The molecular formula is C15H14BrNO3. The highest BCUT2D eigenvalue weighted by molar-refractivity contribution is 9.10. The second kappa shape index (κ2) is 5.63.